The first-order valence-electron chi connectivity index (χ1n) is 9.34. The number of hydrogen-bond donors (Lipinski definition) is 4. The molecule has 4 atom stereocenters. The molecule has 1 aliphatic heterocycles. The molecule has 30 heavy (non-hydrogen) atoms. The molecule has 2 amide bonds. The van der Waals surface area contributed by atoms with Crippen LogP contribution in [0, 0.1) is 0 Å². The fraction of sp³-hybridized carbons (Fsp3) is 0.316. The number of aromatic nitrogens is 4. The average Bonchev–Trinajstić information content (AvgIpc) is 3.31. The van der Waals surface area contributed by atoms with E-state index in [2.05, 4.69) is 25.6 Å². The Kier molecular flexibility index (Phi) is 5.40. The third-order valence-corrected chi connectivity index (χ3v) is 4.75. The third kappa shape index (κ3) is 3.49. The molecule has 0 saturated carbocycles. The van der Waals surface area contributed by atoms with Crippen molar-refractivity contribution in [1.82, 2.24) is 24.8 Å². The van der Waals surface area contributed by atoms with Gasteiger partial charge >= 0.3 is 0 Å². The lowest BCUT2D eigenvalue weighted by molar-refractivity contribution is -0.137. The van der Waals surface area contributed by atoms with Crippen LogP contribution in [0.4, 0.5) is 5.82 Å². The zero-order chi connectivity index (χ0) is 21.3. The molecular weight excluding hydrogens is 392 g/mol. The van der Waals surface area contributed by atoms with Gasteiger partial charge in [0.2, 0.25) is 0 Å². The number of carbonyl (C=O) groups is 2. The number of ether oxygens (including phenoxy) is 1. The van der Waals surface area contributed by atoms with Crippen molar-refractivity contribution in [3.05, 3.63) is 48.5 Å². The van der Waals surface area contributed by atoms with Gasteiger partial charge in [-0.05, 0) is 19.1 Å². The monoisotopic (exact) mass is 412 g/mol. The van der Waals surface area contributed by atoms with Crippen LogP contribution in [0.15, 0.2) is 43.0 Å². The summed E-state index contributed by atoms with van der Waals surface area (Å²) in [6, 6.07) is 8.62. The molecule has 4 N–H and O–H groups in total. The van der Waals surface area contributed by atoms with Crippen LogP contribution in [0.25, 0.3) is 11.2 Å². The number of nitrogens with zero attached hydrogens (tertiary/aromatic N) is 4. The second-order valence-corrected chi connectivity index (χ2v) is 6.69. The molecule has 0 bridgehead atoms. The number of aliphatic hydroxyl groups is 2. The molecule has 1 aromatic carbocycles. The van der Waals surface area contributed by atoms with E-state index < -0.39 is 30.4 Å². The van der Waals surface area contributed by atoms with Crippen molar-refractivity contribution in [1.29, 1.82) is 0 Å². The molecule has 0 spiro atoms. The van der Waals surface area contributed by atoms with Gasteiger partial charge in [0.15, 0.2) is 29.3 Å². The normalized spacial score (nSPS) is 23.4. The topological polar surface area (TPSA) is 151 Å². The number of imidazole rings is 1. The molecule has 1 fully saturated rings. The molecule has 156 valence electrons. The molecule has 11 nitrogen and oxygen atoms in total. The quantitative estimate of drug-likeness (QED) is 0.451. The minimum atomic E-state index is -1.42. The van der Waals surface area contributed by atoms with E-state index in [0.29, 0.717) is 12.1 Å². The highest BCUT2D eigenvalue weighted by atomic mass is 16.6. The summed E-state index contributed by atoms with van der Waals surface area (Å²) >= 11 is 0. The largest absolute Gasteiger partial charge is 0.387 e. The zero-order valence-electron chi connectivity index (χ0n) is 16.0. The summed E-state index contributed by atoms with van der Waals surface area (Å²) in [6.45, 7) is 2.09. The van der Waals surface area contributed by atoms with Crippen LogP contribution in [-0.2, 0) is 9.53 Å². The van der Waals surface area contributed by atoms with Crippen LogP contribution in [-0.4, -0.2) is 66.4 Å². The van der Waals surface area contributed by atoms with Crippen molar-refractivity contribution in [2.75, 3.05) is 11.9 Å². The number of rotatable bonds is 5. The van der Waals surface area contributed by atoms with Crippen molar-refractivity contribution in [3.63, 3.8) is 0 Å². The summed E-state index contributed by atoms with van der Waals surface area (Å²) in [7, 11) is 0. The molecule has 0 unspecified atom stereocenters. The van der Waals surface area contributed by atoms with Crippen LogP contribution in [0.1, 0.15) is 23.5 Å². The van der Waals surface area contributed by atoms with Crippen molar-refractivity contribution in [3.8, 4) is 0 Å². The van der Waals surface area contributed by atoms with Gasteiger partial charge in [-0.3, -0.25) is 14.2 Å². The van der Waals surface area contributed by atoms with Crippen LogP contribution in [0.2, 0.25) is 0 Å². The SMILES string of the molecule is CCNC(=O)[C@H]1O[C@@H](n2cnc3c(NC(=O)c4ccccc4)ncnc32)[C@@H](O)[C@H]1O. The molecule has 11 heteroatoms. The van der Waals surface area contributed by atoms with Crippen LogP contribution in [0.3, 0.4) is 0 Å². The van der Waals surface area contributed by atoms with Crippen LogP contribution >= 0.6 is 0 Å². The second-order valence-electron chi connectivity index (χ2n) is 6.69. The van der Waals surface area contributed by atoms with Gasteiger partial charge in [-0.15, -0.1) is 0 Å². The minimum absolute atomic E-state index is 0.181. The molecule has 0 aliphatic carbocycles. The number of benzene rings is 1. The van der Waals surface area contributed by atoms with Crippen molar-refractivity contribution >= 4 is 28.8 Å². The number of amides is 2. The Morgan fingerprint density at radius 1 is 1.13 bits per heavy atom. The van der Waals surface area contributed by atoms with E-state index in [9.17, 15) is 19.8 Å². The van der Waals surface area contributed by atoms with Gasteiger partial charge < -0.3 is 25.6 Å². The van der Waals surface area contributed by atoms with Crippen LogP contribution in [0.5, 0.6) is 0 Å². The molecule has 1 aliphatic rings. The highest BCUT2D eigenvalue weighted by Crippen LogP contribution is 2.32. The summed E-state index contributed by atoms with van der Waals surface area (Å²) in [6.07, 6.45) is -2.55. The lowest BCUT2D eigenvalue weighted by Crippen LogP contribution is -2.42. The summed E-state index contributed by atoms with van der Waals surface area (Å²) < 4.78 is 7.00. The van der Waals surface area contributed by atoms with Gasteiger partial charge in [0.25, 0.3) is 11.8 Å². The average molecular weight is 412 g/mol. The number of nitrogens with one attached hydrogen (secondary N) is 2. The Labute approximate surface area is 170 Å². The Morgan fingerprint density at radius 3 is 2.63 bits per heavy atom. The number of hydrogen-bond acceptors (Lipinski definition) is 8. The summed E-state index contributed by atoms with van der Waals surface area (Å²) in [5.41, 5.74) is 0.987. The van der Waals surface area contributed by atoms with Gasteiger partial charge in [-0.25, -0.2) is 15.0 Å². The Balaban J connectivity index is 1.62. The molecule has 2 aromatic heterocycles. The summed E-state index contributed by atoms with van der Waals surface area (Å²) in [5.74, 6) is -0.712. The van der Waals surface area contributed by atoms with Crippen molar-refractivity contribution in [2.24, 2.45) is 0 Å². The molecule has 1 saturated heterocycles. The van der Waals surface area contributed by atoms with E-state index in [1.807, 2.05) is 0 Å². The first kappa shape index (κ1) is 19.9. The van der Waals surface area contributed by atoms with E-state index in [0.717, 1.165) is 0 Å². The lowest BCUT2D eigenvalue weighted by atomic mass is 10.1. The fourth-order valence-electron chi connectivity index (χ4n) is 3.28. The van der Waals surface area contributed by atoms with Gasteiger partial charge in [0.1, 0.15) is 18.5 Å². The minimum Gasteiger partial charge on any atom is -0.387 e. The van der Waals surface area contributed by atoms with E-state index in [1.54, 1.807) is 37.3 Å². The number of aliphatic hydroxyl groups excluding tert-OH is 2. The second kappa shape index (κ2) is 8.14. The molecule has 4 rings (SSSR count). The van der Waals surface area contributed by atoms with Crippen molar-refractivity contribution < 1.29 is 24.5 Å². The maximum atomic E-state index is 12.4. The van der Waals surface area contributed by atoms with Crippen molar-refractivity contribution in [2.45, 2.75) is 31.5 Å². The van der Waals surface area contributed by atoms with Gasteiger partial charge in [-0.1, -0.05) is 18.2 Å². The molecule has 0 radical (unpaired) electrons. The number of fused-ring (bicyclic) bond motifs is 1. The predicted molar refractivity (Wildman–Crippen MR) is 104 cm³/mol. The van der Waals surface area contributed by atoms with E-state index >= 15 is 0 Å². The van der Waals surface area contributed by atoms with Crippen LogP contribution < -0.4 is 10.6 Å². The Morgan fingerprint density at radius 2 is 1.90 bits per heavy atom. The van der Waals surface area contributed by atoms with Gasteiger partial charge in [0, 0.05) is 12.1 Å². The molecule has 3 aromatic rings. The highest BCUT2D eigenvalue weighted by molar-refractivity contribution is 6.06. The Bertz CT molecular complexity index is 1070. The van der Waals surface area contributed by atoms with E-state index in [1.165, 1.54) is 17.2 Å². The maximum absolute atomic E-state index is 12.4. The zero-order valence-corrected chi connectivity index (χ0v) is 16.0. The standard InChI is InChI=1S/C19H20N6O5/c1-2-20-18(29)14-12(26)13(27)19(30-14)25-9-23-11-15(21-8-22-16(11)25)24-17(28)10-6-4-3-5-7-10/h3-9,12-14,19,26-27H,2H2,1H3,(H,20,29)(H,21,22,24,28)/t12-,13+,14+,19-/m1/s1. The molecule has 3 heterocycles. The number of anilines is 1. The van der Waals surface area contributed by atoms with E-state index in [4.69, 9.17) is 4.74 Å². The predicted octanol–water partition coefficient (Wildman–Crippen LogP) is -0.166. The van der Waals surface area contributed by atoms with Gasteiger partial charge in [-0.2, -0.15) is 0 Å². The first-order chi connectivity index (χ1) is 14.5. The molecular formula is C19H20N6O5. The smallest absolute Gasteiger partial charge is 0.256 e. The first-order valence-corrected chi connectivity index (χ1v) is 9.34. The highest BCUT2D eigenvalue weighted by Gasteiger charge is 2.47. The van der Waals surface area contributed by atoms with E-state index in [-0.39, 0.29) is 22.9 Å². The third-order valence-electron chi connectivity index (χ3n) is 4.75. The lowest BCUT2D eigenvalue weighted by Gasteiger charge is -2.16. The Hall–Kier alpha value is -3.41. The fourth-order valence-corrected chi connectivity index (χ4v) is 3.28. The number of likely N-dealkylation sites (N-methyl/N-ethyl adjacent to an activating group) is 1. The summed E-state index contributed by atoms with van der Waals surface area (Å²) in [5, 5.41) is 25.9. The maximum Gasteiger partial charge on any atom is 0.256 e. The number of carbonyl (C=O) groups excluding carboxylic acids is 2. The summed E-state index contributed by atoms with van der Waals surface area (Å²) in [4.78, 5) is 37.0. The van der Waals surface area contributed by atoms with Gasteiger partial charge in [0.05, 0.1) is 6.33 Å².